The number of ether oxygens (including phenoxy) is 1. The number of carbonyl (C=O) groups excluding carboxylic acids is 1. The molecule has 1 amide bonds. The first kappa shape index (κ1) is 28.9. The van der Waals surface area contributed by atoms with Crippen LogP contribution in [0.25, 0.3) is 0 Å². The van der Waals surface area contributed by atoms with Gasteiger partial charge in [0.1, 0.15) is 5.75 Å². The molecule has 1 unspecified atom stereocenters. The van der Waals surface area contributed by atoms with E-state index in [4.69, 9.17) is 20.1 Å². The molecule has 10 nitrogen and oxygen atoms in total. The normalized spacial score (nSPS) is 10.9. The number of unbranched alkanes of at least 4 members (excludes halogenated alkanes) is 2. The zero-order chi connectivity index (χ0) is 24.4. The standard InChI is InChI=1S/C11H22N2O3.C11H12O5/c1-2-3-4-8-13-10(14)9-12-7-5-6-11(15)16;1-7-2-4-8(5-3-7)16-9(11(14)15)6-10(12)13/h12H,2-9H2,1H3,(H,13,14)(H,15,16);2-5,9H,6H2,1H3,(H,12,13)(H,14,15). The predicted molar refractivity (Wildman–Crippen MR) is 118 cm³/mol. The van der Waals surface area contributed by atoms with E-state index in [9.17, 15) is 19.2 Å². The zero-order valence-electron chi connectivity index (χ0n) is 18.6. The van der Waals surface area contributed by atoms with Gasteiger partial charge in [-0.2, -0.15) is 0 Å². The van der Waals surface area contributed by atoms with E-state index in [1.807, 2.05) is 6.92 Å². The summed E-state index contributed by atoms with van der Waals surface area (Å²) in [6.07, 6.45) is 2.06. The van der Waals surface area contributed by atoms with Crippen LogP contribution in [0.1, 0.15) is 51.0 Å². The Balaban J connectivity index is 0.000000601. The fourth-order valence-electron chi connectivity index (χ4n) is 2.35. The van der Waals surface area contributed by atoms with E-state index in [2.05, 4.69) is 17.6 Å². The Morgan fingerprint density at radius 3 is 2.12 bits per heavy atom. The quantitative estimate of drug-likeness (QED) is 0.250. The lowest BCUT2D eigenvalue weighted by atomic mass is 10.2. The average molecular weight is 455 g/mol. The van der Waals surface area contributed by atoms with Crippen molar-refractivity contribution in [1.82, 2.24) is 10.6 Å². The smallest absolute Gasteiger partial charge is 0.345 e. The molecule has 0 aliphatic carbocycles. The van der Waals surface area contributed by atoms with Crippen LogP contribution in [-0.4, -0.2) is 64.9 Å². The third-order valence-electron chi connectivity index (χ3n) is 4.07. The third kappa shape index (κ3) is 16.6. The number of hydrogen-bond acceptors (Lipinski definition) is 6. The molecule has 32 heavy (non-hydrogen) atoms. The zero-order valence-corrected chi connectivity index (χ0v) is 18.6. The number of amides is 1. The number of nitrogens with one attached hydrogen (secondary N) is 2. The molecule has 1 rings (SSSR count). The molecule has 0 heterocycles. The fraction of sp³-hybridized carbons (Fsp3) is 0.545. The van der Waals surface area contributed by atoms with E-state index in [-0.39, 0.29) is 18.9 Å². The van der Waals surface area contributed by atoms with Crippen molar-refractivity contribution < 1.29 is 39.2 Å². The Bertz CT molecular complexity index is 706. The Morgan fingerprint density at radius 2 is 1.59 bits per heavy atom. The predicted octanol–water partition coefficient (Wildman–Crippen LogP) is 2.05. The minimum atomic E-state index is -1.36. The van der Waals surface area contributed by atoms with Crippen LogP contribution in [0, 0.1) is 6.92 Å². The summed E-state index contributed by atoms with van der Waals surface area (Å²) in [5.74, 6) is -2.97. The summed E-state index contributed by atoms with van der Waals surface area (Å²) in [4.78, 5) is 42.5. The molecule has 180 valence electrons. The lowest BCUT2D eigenvalue weighted by Crippen LogP contribution is -2.34. The monoisotopic (exact) mass is 454 g/mol. The number of aliphatic carboxylic acids is 3. The number of carboxylic acids is 3. The van der Waals surface area contributed by atoms with Gasteiger partial charge in [-0.15, -0.1) is 0 Å². The van der Waals surface area contributed by atoms with Crippen LogP contribution in [0.2, 0.25) is 0 Å². The molecule has 1 aromatic carbocycles. The highest BCUT2D eigenvalue weighted by atomic mass is 16.5. The summed E-state index contributed by atoms with van der Waals surface area (Å²) in [5, 5.41) is 31.3. The van der Waals surface area contributed by atoms with Gasteiger partial charge in [0.2, 0.25) is 12.0 Å². The Labute approximate surface area is 188 Å². The second-order valence-corrected chi connectivity index (χ2v) is 7.09. The molecule has 0 radical (unpaired) electrons. The van der Waals surface area contributed by atoms with Crippen molar-refractivity contribution in [2.24, 2.45) is 0 Å². The van der Waals surface area contributed by atoms with Crippen LogP contribution in [0.5, 0.6) is 5.75 Å². The molecule has 10 heteroatoms. The van der Waals surface area contributed by atoms with E-state index in [1.54, 1.807) is 24.3 Å². The summed E-state index contributed by atoms with van der Waals surface area (Å²) in [6, 6.07) is 6.73. The van der Waals surface area contributed by atoms with Gasteiger partial charge in [0.05, 0.1) is 13.0 Å². The summed E-state index contributed by atoms with van der Waals surface area (Å²) in [5.41, 5.74) is 1.01. The Kier molecular flexibility index (Phi) is 15.8. The molecule has 0 aromatic heterocycles. The third-order valence-corrected chi connectivity index (χ3v) is 4.07. The lowest BCUT2D eigenvalue weighted by Gasteiger charge is -2.13. The minimum Gasteiger partial charge on any atom is -0.481 e. The van der Waals surface area contributed by atoms with Crippen molar-refractivity contribution in [3.05, 3.63) is 29.8 Å². The molecular formula is C22H34N2O8. The van der Waals surface area contributed by atoms with Crippen molar-refractivity contribution in [2.75, 3.05) is 19.6 Å². The highest BCUT2D eigenvalue weighted by Gasteiger charge is 2.22. The molecule has 1 atom stereocenters. The number of carbonyl (C=O) groups is 4. The molecule has 0 saturated carbocycles. The van der Waals surface area contributed by atoms with Gasteiger partial charge in [-0.25, -0.2) is 4.79 Å². The highest BCUT2D eigenvalue weighted by molar-refractivity contribution is 5.80. The van der Waals surface area contributed by atoms with Crippen LogP contribution in [0.3, 0.4) is 0 Å². The van der Waals surface area contributed by atoms with E-state index < -0.39 is 30.4 Å². The largest absolute Gasteiger partial charge is 0.481 e. The van der Waals surface area contributed by atoms with E-state index >= 15 is 0 Å². The van der Waals surface area contributed by atoms with Crippen molar-refractivity contribution in [1.29, 1.82) is 0 Å². The van der Waals surface area contributed by atoms with E-state index in [1.165, 1.54) is 0 Å². The number of hydrogen-bond donors (Lipinski definition) is 5. The lowest BCUT2D eigenvalue weighted by molar-refractivity contribution is -0.151. The van der Waals surface area contributed by atoms with Crippen LogP contribution >= 0.6 is 0 Å². The first-order valence-electron chi connectivity index (χ1n) is 10.5. The maximum atomic E-state index is 11.2. The van der Waals surface area contributed by atoms with Gasteiger partial charge in [0.15, 0.2) is 0 Å². The van der Waals surface area contributed by atoms with Crippen molar-refractivity contribution in [3.8, 4) is 5.75 Å². The van der Waals surface area contributed by atoms with E-state index in [0.29, 0.717) is 18.7 Å². The maximum Gasteiger partial charge on any atom is 0.345 e. The highest BCUT2D eigenvalue weighted by Crippen LogP contribution is 2.14. The molecule has 0 spiro atoms. The molecule has 0 bridgehead atoms. The number of benzene rings is 1. The number of aryl methyl sites for hydroxylation is 1. The molecule has 5 N–H and O–H groups in total. The van der Waals surface area contributed by atoms with Gasteiger partial charge >= 0.3 is 17.9 Å². The number of rotatable bonds is 15. The second-order valence-electron chi connectivity index (χ2n) is 7.09. The van der Waals surface area contributed by atoms with E-state index in [0.717, 1.165) is 31.4 Å². The van der Waals surface area contributed by atoms with Gasteiger partial charge < -0.3 is 30.7 Å². The van der Waals surface area contributed by atoms with Gasteiger partial charge in [0.25, 0.3) is 0 Å². The first-order chi connectivity index (χ1) is 15.1. The first-order valence-corrected chi connectivity index (χ1v) is 10.5. The second kappa shape index (κ2) is 17.5. The molecule has 1 aromatic rings. The number of carboxylic acid groups (broad SMARTS) is 3. The summed E-state index contributed by atoms with van der Waals surface area (Å²) in [6.45, 7) is 5.56. The summed E-state index contributed by atoms with van der Waals surface area (Å²) in [7, 11) is 0. The minimum absolute atomic E-state index is 0.0218. The van der Waals surface area contributed by atoms with Gasteiger partial charge in [0, 0.05) is 13.0 Å². The molecule has 0 aliphatic rings. The Hall–Kier alpha value is -3.14. The fourth-order valence-corrected chi connectivity index (χ4v) is 2.35. The topological polar surface area (TPSA) is 162 Å². The van der Waals surface area contributed by atoms with Crippen molar-refractivity contribution >= 4 is 23.8 Å². The van der Waals surface area contributed by atoms with Crippen LogP contribution in [0.15, 0.2) is 24.3 Å². The SMILES string of the molecule is CCCCCNC(=O)CNCCCC(=O)O.Cc1ccc(OC(CC(=O)O)C(=O)O)cc1. The van der Waals surface area contributed by atoms with Crippen LogP contribution in [-0.2, 0) is 19.2 Å². The van der Waals surface area contributed by atoms with Crippen molar-refractivity contribution in [3.63, 3.8) is 0 Å². The molecule has 0 aliphatic heterocycles. The molecular weight excluding hydrogens is 420 g/mol. The van der Waals surface area contributed by atoms with Gasteiger partial charge in [-0.05, 0) is 38.4 Å². The summed E-state index contributed by atoms with van der Waals surface area (Å²) < 4.78 is 5.06. The summed E-state index contributed by atoms with van der Waals surface area (Å²) >= 11 is 0. The van der Waals surface area contributed by atoms with Crippen molar-refractivity contribution in [2.45, 2.75) is 58.5 Å². The average Bonchev–Trinajstić information content (AvgIpc) is 2.72. The molecule has 0 saturated heterocycles. The van der Waals surface area contributed by atoms with Crippen LogP contribution < -0.4 is 15.4 Å². The van der Waals surface area contributed by atoms with Gasteiger partial charge in [-0.1, -0.05) is 37.5 Å². The molecule has 0 fully saturated rings. The maximum absolute atomic E-state index is 11.2. The van der Waals surface area contributed by atoms with Gasteiger partial charge in [-0.3, -0.25) is 14.4 Å². The Morgan fingerprint density at radius 1 is 0.938 bits per heavy atom. The van der Waals surface area contributed by atoms with Crippen LogP contribution in [0.4, 0.5) is 0 Å².